The van der Waals surface area contributed by atoms with Crippen LogP contribution in [-0.4, -0.2) is 4.98 Å². The van der Waals surface area contributed by atoms with E-state index in [4.69, 9.17) is 0 Å². The predicted octanol–water partition coefficient (Wildman–Crippen LogP) is 1.36. The van der Waals surface area contributed by atoms with Gasteiger partial charge in [0.25, 0.3) is 0 Å². The van der Waals surface area contributed by atoms with Crippen LogP contribution in [-0.2, 0) is 0 Å². The Balaban J connectivity index is 2.95. The molecule has 0 radical (unpaired) electrons. The molecule has 0 aliphatic rings. The fraction of sp³-hybridized carbons (Fsp3) is 0. The molecule has 1 aromatic carbocycles. The second-order valence-electron chi connectivity index (χ2n) is 2.69. The number of nitrogens with one attached hydrogen (secondary N) is 1. The molecule has 0 fully saturated rings. The van der Waals surface area contributed by atoms with Crippen molar-refractivity contribution in [2.45, 2.75) is 0 Å². The average molecular weight is 239 g/mol. The molecule has 0 spiro atoms. The fourth-order valence-corrected chi connectivity index (χ4v) is 1.56. The number of fused-ring (bicyclic) bond motifs is 1. The van der Waals surface area contributed by atoms with Crippen LogP contribution in [0, 0.1) is 0 Å². The monoisotopic (exact) mass is 238 g/mol. The number of hydrogen-bond acceptors (Lipinski definition) is 2. The molecule has 0 unspecified atom stereocenters. The molecular formula is C9H5BrNO2-. The van der Waals surface area contributed by atoms with Crippen molar-refractivity contribution in [2.75, 3.05) is 0 Å². The molecule has 13 heavy (non-hydrogen) atoms. The minimum Gasteiger partial charge on any atom is -0.872 e. The predicted molar refractivity (Wildman–Crippen MR) is 51.7 cm³/mol. The van der Waals surface area contributed by atoms with Gasteiger partial charge in [-0.15, -0.1) is 0 Å². The first-order valence-electron chi connectivity index (χ1n) is 3.66. The highest BCUT2D eigenvalue weighted by atomic mass is 79.9. The van der Waals surface area contributed by atoms with Gasteiger partial charge in [0, 0.05) is 9.99 Å². The second kappa shape index (κ2) is 2.88. The fourth-order valence-electron chi connectivity index (χ4n) is 1.19. The summed E-state index contributed by atoms with van der Waals surface area (Å²) in [5.41, 5.74) is 0.209. The van der Waals surface area contributed by atoms with E-state index in [2.05, 4.69) is 20.9 Å². The van der Waals surface area contributed by atoms with Crippen molar-refractivity contribution < 1.29 is 5.11 Å². The van der Waals surface area contributed by atoms with Gasteiger partial charge in [0.1, 0.15) is 0 Å². The molecule has 0 saturated carbocycles. The van der Waals surface area contributed by atoms with Gasteiger partial charge in [0.15, 0.2) is 0 Å². The summed E-state index contributed by atoms with van der Waals surface area (Å²) in [6, 6.07) is 6.21. The Morgan fingerprint density at radius 3 is 2.85 bits per heavy atom. The first-order valence-corrected chi connectivity index (χ1v) is 4.46. The Hall–Kier alpha value is -1.29. The van der Waals surface area contributed by atoms with Crippen molar-refractivity contribution in [1.82, 2.24) is 4.98 Å². The van der Waals surface area contributed by atoms with E-state index in [1.54, 1.807) is 18.2 Å². The number of H-pyrrole nitrogens is 1. The van der Waals surface area contributed by atoms with Gasteiger partial charge >= 0.3 is 0 Å². The lowest BCUT2D eigenvalue weighted by Gasteiger charge is -2.08. The van der Waals surface area contributed by atoms with Crippen LogP contribution in [0.5, 0.6) is 5.75 Å². The van der Waals surface area contributed by atoms with Crippen LogP contribution in [0.2, 0.25) is 0 Å². The van der Waals surface area contributed by atoms with E-state index in [1.807, 2.05) is 0 Å². The van der Waals surface area contributed by atoms with Crippen LogP contribution in [0.15, 0.2) is 33.5 Å². The molecule has 1 heterocycles. The maximum atomic E-state index is 11.3. The summed E-state index contributed by atoms with van der Waals surface area (Å²) in [6.45, 7) is 0. The second-order valence-corrected chi connectivity index (χ2v) is 3.60. The lowest BCUT2D eigenvalue weighted by Crippen LogP contribution is -2.06. The summed E-state index contributed by atoms with van der Waals surface area (Å²) in [5.74, 6) is -0.250. The number of aromatic amines is 1. The van der Waals surface area contributed by atoms with Crippen molar-refractivity contribution >= 4 is 26.8 Å². The van der Waals surface area contributed by atoms with Gasteiger partial charge < -0.3 is 10.1 Å². The maximum absolute atomic E-state index is 11.3. The molecule has 0 amide bonds. The van der Waals surface area contributed by atoms with Crippen LogP contribution in [0.4, 0.5) is 0 Å². The Morgan fingerprint density at radius 1 is 1.31 bits per heavy atom. The third-order valence-corrected chi connectivity index (χ3v) is 2.26. The molecule has 4 heteroatoms. The lowest BCUT2D eigenvalue weighted by atomic mass is 10.2. The zero-order valence-corrected chi connectivity index (χ0v) is 8.09. The third kappa shape index (κ3) is 1.45. The van der Waals surface area contributed by atoms with E-state index >= 15 is 0 Å². The smallest absolute Gasteiger partial charge is 0.247 e. The number of aromatic nitrogens is 1. The molecule has 0 aliphatic heterocycles. The van der Waals surface area contributed by atoms with Crippen molar-refractivity contribution in [3.05, 3.63) is 39.1 Å². The summed E-state index contributed by atoms with van der Waals surface area (Å²) < 4.78 is 0.823. The van der Waals surface area contributed by atoms with Gasteiger partial charge in [-0.2, -0.15) is 0 Å². The number of benzene rings is 1. The highest BCUT2D eigenvalue weighted by Gasteiger charge is 1.96. The molecule has 1 aromatic heterocycles. The summed E-state index contributed by atoms with van der Waals surface area (Å²) in [6.07, 6.45) is 0. The van der Waals surface area contributed by atoms with Crippen LogP contribution in [0.3, 0.4) is 0 Å². The highest BCUT2D eigenvalue weighted by molar-refractivity contribution is 9.10. The maximum Gasteiger partial charge on any atom is 0.247 e. The number of hydrogen-bond donors (Lipinski definition) is 1. The summed E-state index contributed by atoms with van der Waals surface area (Å²) in [5, 5.41) is 11.8. The Kier molecular flexibility index (Phi) is 1.84. The summed E-state index contributed by atoms with van der Waals surface area (Å²) in [4.78, 5) is 13.5. The molecule has 0 saturated heterocycles. The Morgan fingerprint density at radius 2 is 2.08 bits per heavy atom. The summed E-state index contributed by atoms with van der Waals surface area (Å²) in [7, 11) is 0. The normalized spacial score (nSPS) is 10.5. The molecule has 2 rings (SSSR count). The van der Waals surface area contributed by atoms with E-state index in [1.165, 1.54) is 0 Å². The van der Waals surface area contributed by atoms with E-state index in [-0.39, 0.29) is 11.3 Å². The largest absolute Gasteiger partial charge is 0.872 e. The zero-order chi connectivity index (χ0) is 9.42. The van der Waals surface area contributed by atoms with Gasteiger partial charge in [-0.1, -0.05) is 21.7 Å². The highest BCUT2D eigenvalue weighted by Crippen LogP contribution is 2.22. The topological polar surface area (TPSA) is 55.9 Å². The molecule has 66 valence electrons. The average Bonchev–Trinajstić information content (AvgIpc) is 2.06. The molecule has 0 aliphatic carbocycles. The van der Waals surface area contributed by atoms with Crippen LogP contribution >= 0.6 is 15.9 Å². The molecule has 1 N–H and O–H groups in total. The number of halogens is 1. The van der Waals surface area contributed by atoms with Crippen LogP contribution < -0.4 is 10.7 Å². The first-order chi connectivity index (χ1) is 6.16. The Bertz CT molecular complexity index is 518. The van der Waals surface area contributed by atoms with Gasteiger partial charge in [-0.05, 0) is 29.7 Å². The van der Waals surface area contributed by atoms with Crippen molar-refractivity contribution in [3.63, 3.8) is 0 Å². The van der Waals surface area contributed by atoms with Crippen molar-refractivity contribution in [2.24, 2.45) is 0 Å². The van der Waals surface area contributed by atoms with Gasteiger partial charge in [-0.3, -0.25) is 4.79 Å². The van der Waals surface area contributed by atoms with E-state index in [0.717, 1.165) is 10.5 Å². The Labute approximate surface area is 82.2 Å². The molecular weight excluding hydrogens is 234 g/mol. The standard InChI is InChI=1S/C9H6BrNO2/c10-5-1-2-7-6(3-5)8(12)4-9(13)11-7/h1-4H,(H2,11,12,13)/p-1. The van der Waals surface area contributed by atoms with E-state index in [9.17, 15) is 9.90 Å². The third-order valence-electron chi connectivity index (χ3n) is 1.77. The molecule has 0 atom stereocenters. The molecule has 0 bridgehead atoms. The minimum absolute atomic E-state index is 0.250. The van der Waals surface area contributed by atoms with Crippen molar-refractivity contribution in [1.29, 1.82) is 0 Å². The number of rotatable bonds is 0. The number of pyridine rings is 1. The first kappa shape index (κ1) is 8.31. The van der Waals surface area contributed by atoms with Crippen LogP contribution in [0.25, 0.3) is 10.9 Å². The SMILES string of the molecule is O=c1cc([O-])c2cc(Br)ccc2[nH]1. The van der Waals surface area contributed by atoms with E-state index in [0.29, 0.717) is 10.9 Å². The minimum atomic E-state index is -0.361. The zero-order valence-electron chi connectivity index (χ0n) is 6.50. The molecule has 3 nitrogen and oxygen atoms in total. The van der Waals surface area contributed by atoms with Gasteiger partial charge in [0.05, 0.1) is 0 Å². The molecule has 2 aromatic rings. The lowest BCUT2D eigenvalue weighted by molar-refractivity contribution is -0.265. The van der Waals surface area contributed by atoms with Gasteiger partial charge in [0.2, 0.25) is 5.56 Å². The quantitative estimate of drug-likeness (QED) is 0.754. The van der Waals surface area contributed by atoms with Crippen molar-refractivity contribution in [3.8, 4) is 5.75 Å². The summed E-state index contributed by atoms with van der Waals surface area (Å²) >= 11 is 3.25. The van der Waals surface area contributed by atoms with Crippen LogP contribution in [0.1, 0.15) is 0 Å². The van der Waals surface area contributed by atoms with Gasteiger partial charge in [-0.25, -0.2) is 0 Å². The van der Waals surface area contributed by atoms with E-state index < -0.39 is 0 Å².